The average Bonchev–Trinajstić information content (AvgIpc) is 2.34. The number of halogens is 1. The number of hydrogen-bond acceptors (Lipinski definition) is 0. The molecule has 0 saturated carbocycles. The second kappa shape index (κ2) is 5.45. The Morgan fingerprint density at radius 2 is 1.81 bits per heavy atom. The third kappa shape index (κ3) is 2.69. The van der Waals surface area contributed by atoms with E-state index in [4.69, 9.17) is 0 Å². The molecule has 0 atom stereocenters. The maximum Gasteiger partial charge on any atom is 0.0897 e. The first-order valence-electron chi connectivity index (χ1n) is 5.61. The summed E-state index contributed by atoms with van der Waals surface area (Å²) in [5.41, 5.74) is 1.18. The Balaban J connectivity index is 2.16. The Bertz CT molecular complexity index is 486. The summed E-state index contributed by atoms with van der Waals surface area (Å²) in [7, 11) is 0. The van der Waals surface area contributed by atoms with E-state index in [0.29, 0.717) is 6.42 Å². The molecular formula is C15H15F. The minimum absolute atomic E-state index is 0.234. The first kappa shape index (κ1) is 10.9. The third-order valence-electron chi connectivity index (χ3n) is 2.59. The lowest BCUT2D eigenvalue weighted by molar-refractivity contribution is 0.476. The molecule has 1 heteroatoms. The molecule has 0 radical (unpaired) electrons. The summed E-state index contributed by atoms with van der Waals surface area (Å²) in [6.45, 7) is -0.234. The van der Waals surface area contributed by atoms with Crippen molar-refractivity contribution in [2.45, 2.75) is 12.8 Å². The van der Waals surface area contributed by atoms with Crippen LogP contribution in [0.4, 0.5) is 4.39 Å². The molecule has 0 heterocycles. The van der Waals surface area contributed by atoms with Gasteiger partial charge in [0.2, 0.25) is 0 Å². The Labute approximate surface area is 95.4 Å². The number of hydrogen-bond donors (Lipinski definition) is 0. The highest BCUT2D eigenvalue weighted by molar-refractivity contribution is 5.84. The summed E-state index contributed by atoms with van der Waals surface area (Å²) < 4.78 is 11.9. The van der Waals surface area contributed by atoms with Crippen molar-refractivity contribution in [2.75, 3.05) is 6.67 Å². The Kier molecular flexibility index (Phi) is 3.71. The van der Waals surface area contributed by atoms with Crippen molar-refractivity contribution in [3.8, 4) is 0 Å². The Hall–Kier alpha value is -1.63. The monoisotopic (exact) mass is 214 g/mol. The van der Waals surface area contributed by atoms with Crippen molar-refractivity contribution in [2.24, 2.45) is 0 Å². The second-order valence-electron chi connectivity index (χ2n) is 3.84. The Morgan fingerprint density at radius 3 is 2.62 bits per heavy atom. The van der Waals surface area contributed by atoms with Gasteiger partial charge in [-0.3, -0.25) is 4.39 Å². The fourth-order valence-electron chi connectivity index (χ4n) is 1.73. The molecule has 0 saturated heterocycles. The minimum Gasteiger partial charge on any atom is -0.251 e. The van der Waals surface area contributed by atoms with Gasteiger partial charge in [0.1, 0.15) is 0 Å². The molecule has 0 aromatic heterocycles. The molecule has 0 N–H and O–H groups in total. The molecule has 0 nitrogen and oxygen atoms in total. The van der Waals surface area contributed by atoms with E-state index in [9.17, 15) is 4.39 Å². The number of fused-ring (bicyclic) bond motifs is 1. The zero-order chi connectivity index (χ0) is 11.2. The van der Waals surface area contributed by atoms with Crippen LogP contribution in [0.3, 0.4) is 0 Å². The van der Waals surface area contributed by atoms with Gasteiger partial charge in [-0.2, -0.15) is 0 Å². The summed E-state index contributed by atoms with van der Waals surface area (Å²) in [4.78, 5) is 0. The molecule has 0 aliphatic carbocycles. The third-order valence-corrected chi connectivity index (χ3v) is 2.59. The van der Waals surface area contributed by atoms with Gasteiger partial charge in [0.15, 0.2) is 0 Å². The van der Waals surface area contributed by atoms with E-state index in [1.165, 1.54) is 16.3 Å². The van der Waals surface area contributed by atoms with E-state index >= 15 is 0 Å². The molecule has 0 spiro atoms. The lowest BCUT2D eigenvalue weighted by Gasteiger charge is -1.98. The maximum absolute atomic E-state index is 11.9. The van der Waals surface area contributed by atoms with Crippen molar-refractivity contribution in [3.05, 3.63) is 54.1 Å². The van der Waals surface area contributed by atoms with E-state index < -0.39 is 0 Å². The zero-order valence-electron chi connectivity index (χ0n) is 9.20. The van der Waals surface area contributed by atoms with Gasteiger partial charge in [-0.1, -0.05) is 48.6 Å². The van der Waals surface area contributed by atoms with Crippen molar-refractivity contribution in [3.63, 3.8) is 0 Å². The predicted molar refractivity (Wildman–Crippen MR) is 68.2 cm³/mol. The van der Waals surface area contributed by atoms with Crippen LogP contribution in [0.15, 0.2) is 48.5 Å². The predicted octanol–water partition coefficient (Wildman–Crippen LogP) is 4.60. The van der Waals surface area contributed by atoms with Gasteiger partial charge >= 0.3 is 0 Å². The van der Waals surface area contributed by atoms with Crippen LogP contribution < -0.4 is 0 Å². The second-order valence-corrected chi connectivity index (χ2v) is 3.84. The lowest BCUT2D eigenvalue weighted by Crippen LogP contribution is -1.76. The van der Waals surface area contributed by atoms with Gasteiger partial charge in [-0.05, 0) is 35.2 Å². The Morgan fingerprint density at radius 1 is 1.00 bits per heavy atom. The minimum atomic E-state index is -0.234. The lowest BCUT2D eigenvalue weighted by atomic mass is 10.1. The zero-order valence-corrected chi connectivity index (χ0v) is 9.20. The molecule has 82 valence electrons. The topological polar surface area (TPSA) is 0 Å². The van der Waals surface area contributed by atoms with E-state index in [-0.39, 0.29) is 6.67 Å². The van der Waals surface area contributed by atoms with E-state index in [2.05, 4.69) is 36.4 Å². The highest BCUT2D eigenvalue weighted by Crippen LogP contribution is 2.16. The van der Waals surface area contributed by atoms with E-state index in [1.807, 2.05) is 18.2 Å². The summed E-state index contributed by atoms with van der Waals surface area (Å²) >= 11 is 0. The van der Waals surface area contributed by atoms with Crippen LogP contribution in [0.2, 0.25) is 0 Å². The van der Waals surface area contributed by atoms with E-state index in [1.54, 1.807) is 0 Å². The fourth-order valence-corrected chi connectivity index (χ4v) is 1.73. The molecule has 0 bridgehead atoms. The molecule has 0 unspecified atom stereocenters. The summed E-state index contributed by atoms with van der Waals surface area (Å²) in [5.74, 6) is 0. The van der Waals surface area contributed by atoms with Gasteiger partial charge in [-0.15, -0.1) is 0 Å². The molecule has 0 aliphatic rings. The van der Waals surface area contributed by atoms with Crippen LogP contribution >= 0.6 is 0 Å². The summed E-state index contributed by atoms with van der Waals surface area (Å²) in [6, 6.07) is 14.7. The van der Waals surface area contributed by atoms with E-state index in [0.717, 1.165) is 6.42 Å². The maximum atomic E-state index is 11.9. The molecule has 2 rings (SSSR count). The fraction of sp³-hybridized carbons (Fsp3) is 0.200. The SMILES string of the molecule is FCCC/C=C/c1ccc2ccccc2c1. The number of allylic oxidation sites excluding steroid dienone is 1. The van der Waals surface area contributed by atoms with Crippen LogP contribution in [-0.4, -0.2) is 6.67 Å². The normalized spacial score (nSPS) is 11.3. The van der Waals surface area contributed by atoms with Crippen LogP contribution in [0.25, 0.3) is 16.8 Å². The first-order valence-corrected chi connectivity index (χ1v) is 5.61. The largest absolute Gasteiger partial charge is 0.251 e. The first-order chi connectivity index (χ1) is 7.90. The van der Waals surface area contributed by atoms with Crippen LogP contribution in [0, 0.1) is 0 Å². The summed E-state index contributed by atoms with van der Waals surface area (Å²) in [6.07, 6.45) is 5.51. The van der Waals surface area contributed by atoms with Crippen molar-refractivity contribution in [1.29, 1.82) is 0 Å². The molecule has 2 aromatic rings. The van der Waals surface area contributed by atoms with Gasteiger partial charge < -0.3 is 0 Å². The number of benzene rings is 2. The van der Waals surface area contributed by atoms with Crippen molar-refractivity contribution >= 4 is 16.8 Å². The van der Waals surface area contributed by atoms with Crippen LogP contribution in [-0.2, 0) is 0 Å². The smallest absolute Gasteiger partial charge is 0.0897 e. The van der Waals surface area contributed by atoms with Gasteiger partial charge in [0, 0.05) is 0 Å². The van der Waals surface area contributed by atoms with Gasteiger partial charge in [0.25, 0.3) is 0 Å². The van der Waals surface area contributed by atoms with Crippen molar-refractivity contribution in [1.82, 2.24) is 0 Å². The van der Waals surface area contributed by atoms with Gasteiger partial charge in [0.05, 0.1) is 6.67 Å². The van der Waals surface area contributed by atoms with Gasteiger partial charge in [-0.25, -0.2) is 0 Å². The average molecular weight is 214 g/mol. The summed E-state index contributed by atoms with van der Waals surface area (Å²) in [5, 5.41) is 2.50. The molecule has 16 heavy (non-hydrogen) atoms. The quantitative estimate of drug-likeness (QED) is 0.652. The standard InChI is InChI=1S/C15H15F/c16-11-5-1-2-6-13-9-10-14-7-3-4-8-15(14)12-13/h2-4,6-10,12H,1,5,11H2/b6-2+. The highest BCUT2D eigenvalue weighted by atomic mass is 19.1. The van der Waals surface area contributed by atoms with Crippen LogP contribution in [0.5, 0.6) is 0 Å². The molecule has 2 aromatic carbocycles. The number of alkyl halides is 1. The molecular weight excluding hydrogens is 199 g/mol. The molecule has 0 amide bonds. The van der Waals surface area contributed by atoms with Crippen LogP contribution in [0.1, 0.15) is 18.4 Å². The number of unbranched alkanes of at least 4 members (excludes halogenated alkanes) is 1. The number of rotatable bonds is 4. The molecule has 0 aliphatic heterocycles. The van der Waals surface area contributed by atoms with Crippen molar-refractivity contribution < 1.29 is 4.39 Å². The molecule has 0 fully saturated rings. The highest BCUT2D eigenvalue weighted by Gasteiger charge is 1.92.